The van der Waals surface area contributed by atoms with Crippen LogP contribution in [0.3, 0.4) is 0 Å². The van der Waals surface area contributed by atoms with Crippen LogP contribution in [0.15, 0.2) is 41.8 Å². The molecule has 1 aromatic heterocycles. The molecule has 0 unspecified atom stereocenters. The van der Waals surface area contributed by atoms with Crippen molar-refractivity contribution in [1.82, 2.24) is 5.32 Å². The molecule has 0 amide bonds. The van der Waals surface area contributed by atoms with Gasteiger partial charge in [-0.15, -0.1) is 11.3 Å². The molecule has 2 heterocycles. The van der Waals surface area contributed by atoms with E-state index in [-0.39, 0.29) is 6.04 Å². The SMILES string of the molecule is CC[NH+]1CC[NH+]([C@H](c2cccs2)[C@H](C)NC(=S)Nc2ccccc2C)CC1. The van der Waals surface area contributed by atoms with E-state index in [4.69, 9.17) is 12.2 Å². The average molecular weight is 405 g/mol. The van der Waals surface area contributed by atoms with Crippen LogP contribution < -0.4 is 20.4 Å². The lowest BCUT2D eigenvalue weighted by Crippen LogP contribution is -3.28. The maximum absolute atomic E-state index is 5.63. The van der Waals surface area contributed by atoms with Crippen LogP contribution in [0.4, 0.5) is 5.69 Å². The molecule has 1 aromatic carbocycles. The normalized spacial score (nSPS) is 22.0. The van der Waals surface area contributed by atoms with Crippen molar-refractivity contribution in [2.75, 3.05) is 38.0 Å². The van der Waals surface area contributed by atoms with Gasteiger partial charge in [0.05, 0.1) is 17.5 Å². The molecule has 0 bridgehead atoms. The van der Waals surface area contributed by atoms with Crippen molar-refractivity contribution in [2.45, 2.75) is 32.9 Å². The van der Waals surface area contributed by atoms with Gasteiger partial charge < -0.3 is 20.4 Å². The number of quaternary nitrogens is 2. The highest BCUT2D eigenvalue weighted by Gasteiger charge is 2.34. The van der Waals surface area contributed by atoms with Gasteiger partial charge in [0, 0.05) is 5.69 Å². The molecule has 27 heavy (non-hydrogen) atoms. The van der Waals surface area contributed by atoms with E-state index in [1.165, 1.54) is 43.2 Å². The molecule has 1 aliphatic heterocycles. The summed E-state index contributed by atoms with van der Waals surface area (Å²) >= 11 is 7.49. The van der Waals surface area contributed by atoms with E-state index in [9.17, 15) is 0 Å². The largest absolute Gasteiger partial charge is 0.354 e. The zero-order valence-corrected chi connectivity index (χ0v) is 18.2. The molecule has 146 valence electrons. The number of hydrogen-bond acceptors (Lipinski definition) is 2. The van der Waals surface area contributed by atoms with Crippen LogP contribution in [0, 0.1) is 6.92 Å². The summed E-state index contributed by atoms with van der Waals surface area (Å²) in [5.74, 6) is 0. The minimum Gasteiger partial charge on any atom is -0.354 e. The molecule has 1 fully saturated rings. The molecule has 2 atom stereocenters. The van der Waals surface area contributed by atoms with Crippen LogP contribution in [0.1, 0.15) is 30.3 Å². The lowest BCUT2D eigenvalue weighted by molar-refractivity contribution is -1.03. The maximum Gasteiger partial charge on any atom is 0.171 e. The summed E-state index contributed by atoms with van der Waals surface area (Å²) in [6, 6.07) is 13.4. The summed E-state index contributed by atoms with van der Waals surface area (Å²) in [4.78, 5) is 4.85. The molecule has 2 aromatic rings. The van der Waals surface area contributed by atoms with Gasteiger partial charge in [-0.3, -0.25) is 0 Å². The fourth-order valence-electron chi connectivity index (χ4n) is 4.02. The summed E-state index contributed by atoms with van der Waals surface area (Å²) < 4.78 is 0. The number of thiocarbonyl (C=S) groups is 1. The second-order valence-corrected chi connectivity index (χ2v) is 8.84. The monoisotopic (exact) mass is 404 g/mol. The molecule has 4 nitrogen and oxygen atoms in total. The van der Waals surface area contributed by atoms with Crippen LogP contribution in [0.2, 0.25) is 0 Å². The molecule has 3 rings (SSSR count). The Bertz CT molecular complexity index is 724. The second kappa shape index (κ2) is 9.64. The van der Waals surface area contributed by atoms with Crippen molar-refractivity contribution in [3.8, 4) is 0 Å². The predicted molar refractivity (Wildman–Crippen MR) is 119 cm³/mol. The third-order valence-electron chi connectivity index (χ3n) is 5.64. The molecular formula is C21H32N4S2+2. The van der Waals surface area contributed by atoms with Gasteiger partial charge >= 0.3 is 0 Å². The van der Waals surface area contributed by atoms with Crippen molar-refractivity contribution in [3.05, 3.63) is 52.2 Å². The molecular weight excluding hydrogens is 372 g/mol. The third-order valence-corrected chi connectivity index (χ3v) is 6.82. The quantitative estimate of drug-likeness (QED) is 0.548. The van der Waals surface area contributed by atoms with E-state index in [0.717, 1.165) is 5.69 Å². The predicted octanol–water partition coefficient (Wildman–Crippen LogP) is 1.28. The number of benzene rings is 1. The number of piperazine rings is 1. The minimum atomic E-state index is 0.269. The average Bonchev–Trinajstić information content (AvgIpc) is 3.18. The fraction of sp³-hybridized carbons (Fsp3) is 0.476. The first-order valence-corrected chi connectivity index (χ1v) is 11.2. The van der Waals surface area contributed by atoms with Crippen LogP contribution in [0.25, 0.3) is 0 Å². The second-order valence-electron chi connectivity index (χ2n) is 7.46. The highest BCUT2D eigenvalue weighted by atomic mass is 32.1. The van der Waals surface area contributed by atoms with Gasteiger partial charge in [-0.2, -0.15) is 0 Å². The smallest absolute Gasteiger partial charge is 0.171 e. The number of nitrogens with one attached hydrogen (secondary N) is 4. The number of aryl methyl sites for hydroxylation is 1. The molecule has 0 radical (unpaired) electrons. The van der Waals surface area contributed by atoms with Crippen LogP contribution in [-0.2, 0) is 0 Å². The van der Waals surface area contributed by atoms with E-state index < -0.39 is 0 Å². The van der Waals surface area contributed by atoms with Crippen molar-refractivity contribution in [3.63, 3.8) is 0 Å². The number of rotatable bonds is 6. The Balaban J connectivity index is 1.67. The highest BCUT2D eigenvalue weighted by molar-refractivity contribution is 7.80. The molecule has 1 aliphatic rings. The molecule has 0 spiro atoms. The summed E-state index contributed by atoms with van der Waals surface area (Å²) in [6.45, 7) is 12.8. The Morgan fingerprint density at radius 2 is 1.89 bits per heavy atom. The minimum absolute atomic E-state index is 0.269. The van der Waals surface area contributed by atoms with Gasteiger partial charge in [0.1, 0.15) is 32.2 Å². The number of para-hydroxylation sites is 1. The number of anilines is 1. The Morgan fingerprint density at radius 3 is 2.52 bits per heavy atom. The van der Waals surface area contributed by atoms with E-state index in [0.29, 0.717) is 11.2 Å². The fourth-order valence-corrected chi connectivity index (χ4v) is 5.30. The first-order valence-electron chi connectivity index (χ1n) is 9.93. The van der Waals surface area contributed by atoms with Gasteiger partial charge in [-0.1, -0.05) is 24.3 Å². The zero-order chi connectivity index (χ0) is 19.2. The van der Waals surface area contributed by atoms with Gasteiger partial charge in [0.2, 0.25) is 0 Å². The summed E-state index contributed by atoms with van der Waals surface area (Å²) in [5.41, 5.74) is 2.27. The molecule has 0 saturated carbocycles. The maximum atomic E-state index is 5.63. The van der Waals surface area contributed by atoms with E-state index in [1.54, 1.807) is 9.80 Å². The Hall–Kier alpha value is -1.47. The van der Waals surface area contributed by atoms with Gasteiger partial charge in [0.25, 0.3) is 0 Å². The van der Waals surface area contributed by atoms with E-state index >= 15 is 0 Å². The van der Waals surface area contributed by atoms with Crippen molar-refractivity contribution in [2.24, 2.45) is 0 Å². The number of likely N-dealkylation sites (N-methyl/N-ethyl adjacent to an activating group) is 1. The molecule has 0 aliphatic carbocycles. The molecule has 6 heteroatoms. The standard InChI is InChI=1S/C21H30N4S2/c1-4-24-11-13-25(14-12-24)20(19-10-7-15-27-19)17(3)22-21(26)23-18-9-6-5-8-16(18)2/h5-10,15,17,20H,4,11-14H2,1-3H3,(H2,22,23,26)/p+2/t17-,20-/m0/s1. The Morgan fingerprint density at radius 1 is 1.15 bits per heavy atom. The Labute approximate surface area is 172 Å². The van der Waals surface area contributed by atoms with Gasteiger partial charge in [0.15, 0.2) is 5.11 Å². The molecule has 4 N–H and O–H groups in total. The third kappa shape index (κ3) is 5.29. The first-order chi connectivity index (χ1) is 13.1. The van der Waals surface area contributed by atoms with Crippen molar-refractivity contribution >= 4 is 34.4 Å². The number of thiophene rings is 1. The highest BCUT2D eigenvalue weighted by Crippen LogP contribution is 2.20. The van der Waals surface area contributed by atoms with Crippen molar-refractivity contribution < 1.29 is 9.80 Å². The summed E-state index contributed by atoms with van der Waals surface area (Å²) in [5, 5.41) is 9.83. The number of hydrogen-bond donors (Lipinski definition) is 4. The summed E-state index contributed by atoms with van der Waals surface area (Å²) in [7, 11) is 0. The van der Waals surface area contributed by atoms with Crippen LogP contribution in [0.5, 0.6) is 0 Å². The van der Waals surface area contributed by atoms with E-state index in [2.05, 4.69) is 61.1 Å². The van der Waals surface area contributed by atoms with Gasteiger partial charge in [-0.25, -0.2) is 0 Å². The topological polar surface area (TPSA) is 32.9 Å². The zero-order valence-electron chi connectivity index (χ0n) is 16.5. The Kier molecular flexibility index (Phi) is 7.24. The summed E-state index contributed by atoms with van der Waals surface area (Å²) in [6.07, 6.45) is 0. The first kappa shape index (κ1) is 20.3. The van der Waals surface area contributed by atoms with Crippen LogP contribution >= 0.6 is 23.6 Å². The van der Waals surface area contributed by atoms with Crippen LogP contribution in [-0.4, -0.2) is 43.9 Å². The van der Waals surface area contributed by atoms with Crippen molar-refractivity contribution in [1.29, 1.82) is 0 Å². The lowest BCUT2D eigenvalue weighted by Gasteiger charge is -2.37. The van der Waals surface area contributed by atoms with Gasteiger partial charge in [-0.05, 0) is 56.1 Å². The molecule has 1 saturated heterocycles. The van der Waals surface area contributed by atoms with E-state index in [1.807, 2.05) is 23.5 Å². The lowest BCUT2D eigenvalue weighted by atomic mass is 10.0.